The van der Waals surface area contributed by atoms with E-state index in [1.807, 2.05) is 43.3 Å². The van der Waals surface area contributed by atoms with Crippen molar-refractivity contribution in [3.8, 4) is 11.5 Å². The summed E-state index contributed by atoms with van der Waals surface area (Å²) >= 11 is 1.21. The van der Waals surface area contributed by atoms with Crippen LogP contribution in [0.5, 0.6) is 11.5 Å². The molecule has 0 amide bonds. The van der Waals surface area contributed by atoms with Gasteiger partial charge in [0, 0.05) is 5.56 Å². The van der Waals surface area contributed by atoms with Crippen LogP contribution < -0.4 is 24.4 Å². The van der Waals surface area contributed by atoms with Crippen LogP contribution in [0, 0.1) is 5.82 Å². The zero-order valence-electron chi connectivity index (χ0n) is 22.2. The molecule has 0 N–H and O–H groups in total. The van der Waals surface area contributed by atoms with Gasteiger partial charge in [0.2, 0.25) is 0 Å². The second-order valence-corrected chi connectivity index (χ2v) is 9.84. The van der Waals surface area contributed by atoms with Gasteiger partial charge in [0.25, 0.3) is 5.56 Å². The molecule has 5 rings (SSSR count). The third kappa shape index (κ3) is 5.20. The molecule has 3 aromatic carbocycles. The van der Waals surface area contributed by atoms with E-state index in [2.05, 4.69) is 0 Å². The molecule has 0 radical (unpaired) electrons. The summed E-state index contributed by atoms with van der Waals surface area (Å²) in [6.45, 7) is 4.24. The molecule has 1 aliphatic heterocycles. The van der Waals surface area contributed by atoms with Gasteiger partial charge in [-0.1, -0.05) is 59.9 Å². The molecule has 0 bridgehead atoms. The minimum Gasteiger partial charge on any atom is -0.493 e. The molecule has 2 heterocycles. The Balaban J connectivity index is 1.77. The number of aromatic nitrogens is 1. The fraction of sp³-hybridized carbons (Fsp3) is 0.194. The number of carbonyl (C=O) groups excluding carboxylic acids is 1. The van der Waals surface area contributed by atoms with Crippen LogP contribution in [-0.4, -0.2) is 30.9 Å². The number of esters is 1. The fourth-order valence-corrected chi connectivity index (χ4v) is 5.60. The lowest BCUT2D eigenvalue weighted by Gasteiger charge is -2.25. The molecule has 40 heavy (non-hydrogen) atoms. The molecule has 204 valence electrons. The van der Waals surface area contributed by atoms with E-state index < -0.39 is 17.8 Å². The molecule has 0 aliphatic carbocycles. The lowest BCUT2D eigenvalue weighted by molar-refractivity contribution is -0.138. The summed E-state index contributed by atoms with van der Waals surface area (Å²) < 4.78 is 32.3. The number of carbonyl (C=O) groups is 1. The summed E-state index contributed by atoms with van der Waals surface area (Å²) in [4.78, 5) is 32.6. The van der Waals surface area contributed by atoms with Crippen molar-refractivity contribution >= 4 is 29.1 Å². The van der Waals surface area contributed by atoms with Gasteiger partial charge < -0.3 is 14.2 Å². The first-order chi connectivity index (χ1) is 19.4. The Labute approximate surface area is 234 Å². The number of halogens is 1. The fourth-order valence-electron chi connectivity index (χ4n) is 4.60. The van der Waals surface area contributed by atoms with Gasteiger partial charge in [-0.15, -0.1) is 0 Å². The van der Waals surface area contributed by atoms with Crippen molar-refractivity contribution in [2.75, 3.05) is 20.3 Å². The third-order valence-corrected chi connectivity index (χ3v) is 7.33. The highest BCUT2D eigenvalue weighted by atomic mass is 32.1. The first-order valence-electron chi connectivity index (χ1n) is 12.8. The van der Waals surface area contributed by atoms with E-state index >= 15 is 0 Å². The SMILES string of the molecule is CCOC(=O)C1=C(c2ccccc2)N=c2s/c(=C\c3ccc(OCC)c(OC)c3)c(=O)n2[C@H]1c1ccc(F)cc1. The number of hydrogen-bond donors (Lipinski definition) is 0. The molecule has 9 heteroatoms. The number of benzene rings is 3. The number of methoxy groups -OCH3 is 1. The molecule has 1 aliphatic rings. The summed E-state index contributed by atoms with van der Waals surface area (Å²) in [7, 11) is 1.56. The highest BCUT2D eigenvalue weighted by Gasteiger charge is 2.35. The quantitative estimate of drug-likeness (QED) is 0.298. The number of thiazole rings is 1. The van der Waals surface area contributed by atoms with Gasteiger partial charge in [-0.05, 0) is 55.3 Å². The average Bonchev–Trinajstić information content (AvgIpc) is 3.28. The molecule has 0 saturated carbocycles. The zero-order chi connectivity index (χ0) is 28.2. The summed E-state index contributed by atoms with van der Waals surface area (Å²) in [6.07, 6.45) is 1.75. The molecule has 1 aromatic heterocycles. The Morgan fingerprint density at radius 3 is 2.45 bits per heavy atom. The summed E-state index contributed by atoms with van der Waals surface area (Å²) in [5, 5.41) is 0. The van der Waals surface area contributed by atoms with Crippen LogP contribution >= 0.6 is 11.3 Å². The van der Waals surface area contributed by atoms with Crippen LogP contribution in [0.2, 0.25) is 0 Å². The minimum atomic E-state index is -0.872. The monoisotopic (exact) mass is 558 g/mol. The van der Waals surface area contributed by atoms with E-state index in [-0.39, 0.29) is 17.7 Å². The molecule has 7 nitrogen and oxygen atoms in total. The van der Waals surface area contributed by atoms with Crippen molar-refractivity contribution in [2.45, 2.75) is 19.9 Å². The van der Waals surface area contributed by atoms with Gasteiger partial charge in [0.1, 0.15) is 5.82 Å². The molecular weight excluding hydrogens is 531 g/mol. The van der Waals surface area contributed by atoms with Crippen molar-refractivity contribution in [1.82, 2.24) is 4.57 Å². The first-order valence-corrected chi connectivity index (χ1v) is 13.6. The van der Waals surface area contributed by atoms with Crippen molar-refractivity contribution in [1.29, 1.82) is 0 Å². The number of fused-ring (bicyclic) bond motifs is 1. The summed E-state index contributed by atoms with van der Waals surface area (Å²) in [6, 6.07) is 19.6. The Hall–Kier alpha value is -4.50. The maximum Gasteiger partial charge on any atom is 0.338 e. The average molecular weight is 559 g/mol. The maximum absolute atomic E-state index is 13.9. The van der Waals surface area contributed by atoms with Crippen LogP contribution in [0.3, 0.4) is 0 Å². The van der Waals surface area contributed by atoms with E-state index in [9.17, 15) is 14.0 Å². The predicted molar refractivity (Wildman–Crippen MR) is 152 cm³/mol. The van der Waals surface area contributed by atoms with Crippen LogP contribution in [0.25, 0.3) is 11.8 Å². The predicted octanol–water partition coefficient (Wildman–Crippen LogP) is 4.48. The Bertz CT molecular complexity index is 1760. The van der Waals surface area contributed by atoms with Gasteiger partial charge in [0.15, 0.2) is 16.3 Å². The molecule has 4 aromatic rings. The molecule has 0 spiro atoms. The van der Waals surface area contributed by atoms with Gasteiger partial charge in [-0.3, -0.25) is 9.36 Å². The number of hydrogen-bond acceptors (Lipinski definition) is 7. The van der Waals surface area contributed by atoms with E-state index in [1.165, 1.54) is 28.0 Å². The molecule has 1 atom stereocenters. The Kier molecular flexibility index (Phi) is 7.93. The van der Waals surface area contributed by atoms with Gasteiger partial charge in [-0.2, -0.15) is 0 Å². The van der Waals surface area contributed by atoms with E-state index in [0.717, 1.165) is 5.56 Å². The van der Waals surface area contributed by atoms with Crippen molar-refractivity contribution in [2.24, 2.45) is 4.99 Å². The molecular formula is C31H27FN2O5S. The number of ether oxygens (including phenoxy) is 3. The lowest BCUT2D eigenvalue weighted by atomic mass is 9.93. The third-order valence-electron chi connectivity index (χ3n) is 6.34. The van der Waals surface area contributed by atoms with Crippen molar-refractivity contribution in [3.63, 3.8) is 0 Å². The van der Waals surface area contributed by atoms with Gasteiger partial charge >= 0.3 is 5.97 Å². The smallest absolute Gasteiger partial charge is 0.338 e. The van der Waals surface area contributed by atoms with Crippen LogP contribution in [0.1, 0.15) is 36.6 Å². The molecule has 0 fully saturated rings. The number of rotatable bonds is 8. The van der Waals surface area contributed by atoms with E-state index in [1.54, 1.807) is 44.4 Å². The largest absolute Gasteiger partial charge is 0.493 e. The van der Waals surface area contributed by atoms with Crippen molar-refractivity contribution < 1.29 is 23.4 Å². The second kappa shape index (κ2) is 11.7. The lowest BCUT2D eigenvalue weighted by Crippen LogP contribution is -2.40. The van der Waals surface area contributed by atoms with Crippen molar-refractivity contribution in [3.05, 3.63) is 121 Å². The standard InChI is InChI=1S/C31H27FN2O5S/c1-4-38-23-16-11-19(17-24(23)37-3)18-25-29(35)34-28(21-12-14-22(32)15-13-21)26(30(36)39-5-2)27(33-31(34)40-25)20-9-7-6-8-10-20/h6-18,28H,4-5H2,1-3H3/b25-18-/t28-/m0/s1. The second-order valence-electron chi connectivity index (χ2n) is 8.83. The van der Waals surface area contributed by atoms with E-state index in [0.29, 0.717) is 44.3 Å². The van der Waals surface area contributed by atoms with Crippen LogP contribution in [0.15, 0.2) is 88.2 Å². The highest BCUT2D eigenvalue weighted by molar-refractivity contribution is 7.07. The topological polar surface area (TPSA) is 79.1 Å². The van der Waals surface area contributed by atoms with Crippen LogP contribution in [0.4, 0.5) is 4.39 Å². The molecule has 0 saturated heterocycles. The first kappa shape index (κ1) is 27.1. The van der Waals surface area contributed by atoms with E-state index in [4.69, 9.17) is 19.2 Å². The van der Waals surface area contributed by atoms with Gasteiger partial charge in [0.05, 0.1) is 42.2 Å². The minimum absolute atomic E-state index is 0.143. The number of nitrogens with zero attached hydrogens (tertiary/aromatic N) is 2. The zero-order valence-corrected chi connectivity index (χ0v) is 23.0. The highest BCUT2D eigenvalue weighted by Crippen LogP contribution is 2.35. The van der Waals surface area contributed by atoms with Gasteiger partial charge in [-0.25, -0.2) is 14.2 Å². The maximum atomic E-state index is 13.9. The molecule has 0 unspecified atom stereocenters. The summed E-state index contributed by atoms with van der Waals surface area (Å²) in [5.41, 5.74) is 2.27. The Morgan fingerprint density at radius 2 is 1.77 bits per heavy atom. The normalized spacial score (nSPS) is 14.9. The van der Waals surface area contributed by atoms with Crippen LogP contribution in [-0.2, 0) is 9.53 Å². The summed E-state index contributed by atoms with van der Waals surface area (Å²) in [5.74, 6) is 0.130. The Morgan fingerprint density at radius 1 is 1.02 bits per heavy atom.